The van der Waals surface area contributed by atoms with E-state index in [0.29, 0.717) is 5.88 Å². The van der Waals surface area contributed by atoms with Gasteiger partial charge in [0.05, 0.1) is 6.20 Å². The molecule has 0 spiro atoms. The number of hydrogen-bond donors (Lipinski definition) is 1. The number of aromatic nitrogens is 3. The smallest absolute Gasteiger partial charge is 0.217 e. The summed E-state index contributed by atoms with van der Waals surface area (Å²) in [7, 11) is 0. The lowest BCUT2D eigenvalue weighted by Gasteiger charge is -2.31. The van der Waals surface area contributed by atoms with Crippen molar-refractivity contribution in [2.45, 2.75) is 25.9 Å². The van der Waals surface area contributed by atoms with E-state index < -0.39 is 0 Å². The van der Waals surface area contributed by atoms with Crippen LogP contribution in [0.25, 0.3) is 16.8 Å². The number of benzene rings is 1. The molecule has 0 saturated carbocycles. The van der Waals surface area contributed by atoms with Crippen LogP contribution in [0.5, 0.6) is 5.88 Å². The molecule has 1 aromatic carbocycles. The largest absolute Gasteiger partial charge is 0.474 e. The SMILES string of the molecule is Cc1ccc2cc1-c1cnn3ccc(nc13)OC1CCN(CCN2)CC1. The van der Waals surface area contributed by atoms with Crippen LogP contribution >= 0.6 is 0 Å². The van der Waals surface area contributed by atoms with Gasteiger partial charge in [-0.3, -0.25) is 0 Å². The van der Waals surface area contributed by atoms with Gasteiger partial charge in [-0.25, -0.2) is 4.52 Å². The topological polar surface area (TPSA) is 54.7 Å². The molecule has 1 saturated heterocycles. The molecule has 3 aliphatic rings. The molecule has 0 atom stereocenters. The second kappa shape index (κ2) is 6.29. The summed E-state index contributed by atoms with van der Waals surface area (Å²) in [5.74, 6) is 0.694. The van der Waals surface area contributed by atoms with Crippen LogP contribution in [0.1, 0.15) is 18.4 Å². The second-order valence-corrected chi connectivity index (χ2v) is 7.21. The molecule has 5 heterocycles. The van der Waals surface area contributed by atoms with E-state index in [4.69, 9.17) is 9.72 Å². The van der Waals surface area contributed by atoms with E-state index in [2.05, 4.69) is 40.4 Å². The highest BCUT2D eigenvalue weighted by Crippen LogP contribution is 2.30. The van der Waals surface area contributed by atoms with Gasteiger partial charge in [-0.2, -0.15) is 10.1 Å². The normalized spacial score (nSPS) is 22.5. The van der Waals surface area contributed by atoms with E-state index in [0.717, 1.165) is 61.5 Å². The van der Waals surface area contributed by atoms with Crippen LogP contribution in [0.4, 0.5) is 5.69 Å². The Morgan fingerprint density at radius 3 is 2.88 bits per heavy atom. The van der Waals surface area contributed by atoms with Gasteiger partial charge in [0, 0.05) is 49.7 Å². The second-order valence-electron chi connectivity index (χ2n) is 7.21. The molecule has 2 aromatic heterocycles. The zero-order chi connectivity index (χ0) is 17.5. The van der Waals surface area contributed by atoms with Crippen molar-refractivity contribution in [3.05, 3.63) is 42.2 Å². The third kappa shape index (κ3) is 2.80. The molecule has 134 valence electrons. The molecule has 0 aliphatic carbocycles. The van der Waals surface area contributed by atoms with Gasteiger partial charge < -0.3 is 15.0 Å². The van der Waals surface area contributed by atoms with Crippen molar-refractivity contribution in [2.75, 3.05) is 31.5 Å². The lowest BCUT2D eigenvalue weighted by atomic mass is 10.0. The Kier molecular flexibility index (Phi) is 3.78. The highest BCUT2D eigenvalue weighted by molar-refractivity contribution is 5.81. The minimum atomic E-state index is 0.244. The van der Waals surface area contributed by atoms with Gasteiger partial charge in [0.1, 0.15) is 6.10 Å². The first-order chi connectivity index (χ1) is 12.8. The molecule has 6 heteroatoms. The molecule has 0 unspecified atom stereocenters. The molecular weight excluding hydrogens is 326 g/mol. The molecule has 26 heavy (non-hydrogen) atoms. The molecule has 0 amide bonds. The van der Waals surface area contributed by atoms with Crippen LogP contribution < -0.4 is 10.1 Å². The monoisotopic (exact) mass is 349 g/mol. The molecule has 0 radical (unpaired) electrons. The molecule has 6 nitrogen and oxygen atoms in total. The van der Waals surface area contributed by atoms with Gasteiger partial charge >= 0.3 is 0 Å². The Hall–Kier alpha value is -2.60. The number of nitrogens with zero attached hydrogens (tertiary/aromatic N) is 4. The minimum absolute atomic E-state index is 0.244. The Morgan fingerprint density at radius 2 is 2.00 bits per heavy atom. The van der Waals surface area contributed by atoms with Crippen molar-refractivity contribution in [3.63, 3.8) is 0 Å². The number of fused-ring (bicyclic) bond motifs is 4. The summed E-state index contributed by atoms with van der Waals surface area (Å²) in [6, 6.07) is 8.43. The number of ether oxygens (including phenoxy) is 1. The van der Waals surface area contributed by atoms with Crippen molar-refractivity contribution < 1.29 is 4.74 Å². The van der Waals surface area contributed by atoms with Gasteiger partial charge in [0.2, 0.25) is 5.88 Å². The van der Waals surface area contributed by atoms with Crippen LogP contribution in [0.2, 0.25) is 0 Å². The van der Waals surface area contributed by atoms with Crippen molar-refractivity contribution in [1.82, 2.24) is 19.5 Å². The molecule has 1 N–H and O–H groups in total. The number of piperidine rings is 1. The fraction of sp³-hybridized carbons (Fsp3) is 0.400. The Morgan fingerprint density at radius 1 is 1.12 bits per heavy atom. The minimum Gasteiger partial charge on any atom is -0.474 e. The third-order valence-electron chi connectivity index (χ3n) is 5.45. The summed E-state index contributed by atoms with van der Waals surface area (Å²) in [6.45, 7) is 6.28. The maximum atomic E-state index is 6.20. The molecule has 6 bridgehead atoms. The van der Waals surface area contributed by atoms with Crippen molar-refractivity contribution in [3.8, 4) is 17.0 Å². The highest BCUT2D eigenvalue weighted by Gasteiger charge is 2.21. The van der Waals surface area contributed by atoms with Gasteiger partial charge in [0.25, 0.3) is 0 Å². The van der Waals surface area contributed by atoms with Crippen LogP contribution in [0.3, 0.4) is 0 Å². The quantitative estimate of drug-likeness (QED) is 0.676. The molecule has 1 fully saturated rings. The summed E-state index contributed by atoms with van der Waals surface area (Å²) in [5, 5.41) is 8.05. The average molecular weight is 349 g/mol. The van der Waals surface area contributed by atoms with E-state index in [1.807, 2.05) is 23.0 Å². The predicted octanol–water partition coefficient (Wildman–Crippen LogP) is 2.97. The van der Waals surface area contributed by atoms with Gasteiger partial charge in [-0.05, 0) is 43.0 Å². The van der Waals surface area contributed by atoms with Crippen LogP contribution in [0, 0.1) is 6.92 Å². The number of rotatable bonds is 0. The Labute approximate surface area is 152 Å². The van der Waals surface area contributed by atoms with Crippen LogP contribution in [-0.4, -0.2) is 51.8 Å². The summed E-state index contributed by atoms with van der Waals surface area (Å²) >= 11 is 0. The maximum absolute atomic E-state index is 6.20. The van der Waals surface area contributed by atoms with Gasteiger partial charge in [0.15, 0.2) is 5.65 Å². The number of anilines is 1. The fourth-order valence-electron chi connectivity index (χ4n) is 3.91. The third-order valence-corrected chi connectivity index (χ3v) is 5.45. The zero-order valence-corrected chi connectivity index (χ0v) is 15.0. The zero-order valence-electron chi connectivity index (χ0n) is 15.0. The van der Waals surface area contributed by atoms with E-state index in [-0.39, 0.29) is 6.10 Å². The summed E-state index contributed by atoms with van der Waals surface area (Å²) < 4.78 is 8.02. The maximum Gasteiger partial charge on any atom is 0.217 e. The number of hydrogen-bond acceptors (Lipinski definition) is 5. The summed E-state index contributed by atoms with van der Waals surface area (Å²) in [6.07, 6.45) is 6.17. The summed E-state index contributed by atoms with van der Waals surface area (Å²) in [4.78, 5) is 7.29. The number of nitrogens with one attached hydrogen (secondary N) is 1. The first kappa shape index (κ1) is 15.6. The van der Waals surface area contributed by atoms with E-state index in [1.165, 1.54) is 5.56 Å². The molecular formula is C20H23N5O. The van der Waals surface area contributed by atoms with Crippen molar-refractivity contribution in [1.29, 1.82) is 0 Å². The lowest BCUT2D eigenvalue weighted by molar-refractivity contribution is 0.0991. The van der Waals surface area contributed by atoms with E-state index in [9.17, 15) is 0 Å². The van der Waals surface area contributed by atoms with Crippen LogP contribution in [-0.2, 0) is 0 Å². The Bertz CT molecular complexity index is 943. The fourth-order valence-corrected chi connectivity index (χ4v) is 3.91. The molecule has 3 aliphatic heterocycles. The molecule has 6 rings (SSSR count). The first-order valence-corrected chi connectivity index (χ1v) is 9.34. The highest BCUT2D eigenvalue weighted by atomic mass is 16.5. The van der Waals surface area contributed by atoms with Crippen LogP contribution in [0.15, 0.2) is 36.7 Å². The van der Waals surface area contributed by atoms with Gasteiger partial charge in [-0.1, -0.05) is 6.07 Å². The lowest BCUT2D eigenvalue weighted by Crippen LogP contribution is -2.40. The van der Waals surface area contributed by atoms with E-state index in [1.54, 1.807) is 0 Å². The van der Waals surface area contributed by atoms with Crippen molar-refractivity contribution >= 4 is 11.3 Å². The molecule has 3 aromatic rings. The Balaban J connectivity index is 1.64. The summed E-state index contributed by atoms with van der Waals surface area (Å²) in [5.41, 5.74) is 5.40. The van der Waals surface area contributed by atoms with Gasteiger partial charge in [-0.15, -0.1) is 0 Å². The van der Waals surface area contributed by atoms with Crippen molar-refractivity contribution in [2.24, 2.45) is 0 Å². The predicted molar refractivity (Wildman–Crippen MR) is 102 cm³/mol. The first-order valence-electron chi connectivity index (χ1n) is 9.34. The average Bonchev–Trinajstić information content (AvgIpc) is 3.07. The standard InChI is InChI=1S/C20H23N5O/c1-14-2-3-15-12-17(14)18-13-22-25-10-6-19(23-20(18)25)26-16-4-8-24(9-5-16)11-7-21-15/h2-3,6,10,12-13,16,21H,4-5,7-9,11H2,1H3. The number of aryl methyl sites for hydroxylation is 1. The van der Waals surface area contributed by atoms with E-state index >= 15 is 0 Å².